The second kappa shape index (κ2) is 14.8. The molecule has 2 aromatic heterocycles. The molecule has 0 atom stereocenters. The predicted octanol–water partition coefficient (Wildman–Crippen LogP) is 15.5. The Morgan fingerprint density at radius 3 is 1.52 bits per heavy atom. The van der Waals surface area contributed by atoms with Crippen LogP contribution >= 0.6 is 11.3 Å². The second-order valence-corrected chi connectivity index (χ2v) is 17.1. The first-order chi connectivity index (χ1) is 30.8. The minimum Gasteiger partial charge on any atom is -0.228 e. The zero-order valence-corrected chi connectivity index (χ0v) is 34.6. The van der Waals surface area contributed by atoms with Gasteiger partial charge in [0.1, 0.15) is 0 Å². The molecule has 0 unspecified atom stereocenters. The molecule has 0 radical (unpaired) electrons. The van der Waals surface area contributed by atoms with Crippen LogP contribution in [0, 0.1) is 0 Å². The van der Waals surface area contributed by atoms with Crippen LogP contribution in [0.15, 0.2) is 231 Å². The maximum atomic E-state index is 5.43. The van der Waals surface area contributed by atoms with Crippen LogP contribution in [0.4, 0.5) is 0 Å². The molecule has 11 aromatic rings. The molecule has 2 heterocycles. The van der Waals surface area contributed by atoms with Crippen LogP contribution in [0.1, 0.15) is 22.3 Å². The summed E-state index contributed by atoms with van der Waals surface area (Å²) in [6, 6.07) is 83.5. The van der Waals surface area contributed by atoms with Crippen molar-refractivity contribution in [2.24, 2.45) is 0 Å². The molecule has 0 bridgehead atoms. The standard InChI is InChI=1S/C59H38N2S/c1-4-19-39(20-5-1)58-60-53(46-28-12-10-25-43(46)40-35-36-56-51(37-40)48-30-15-17-34-55(48)62-56)38-54(61-58)47-29-13-11-26-44(47)49-31-18-32-50-45-27-14-16-33-52(45)59(57(49)50,41-21-6-2-7-22-41)42-23-8-3-9-24-42/h1-38H. The molecule has 0 saturated carbocycles. The van der Waals surface area contributed by atoms with Crippen molar-refractivity contribution in [1.82, 2.24) is 9.97 Å². The third-order valence-corrected chi connectivity index (χ3v) is 13.8. The topological polar surface area (TPSA) is 25.8 Å². The van der Waals surface area contributed by atoms with Gasteiger partial charge in [0.05, 0.1) is 16.8 Å². The molecule has 3 heteroatoms. The van der Waals surface area contributed by atoms with E-state index in [1.165, 1.54) is 59.1 Å². The molecule has 12 rings (SSSR count). The Hall–Kier alpha value is -7.72. The average molecular weight is 807 g/mol. The number of aromatic nitrogens is 2. The van der Waals surface area contributed by atoms with Gasteiger partial charge in [0, 0.05) is 36.9 Å². The van der Waals surface area contributed by atoms with E-state index >= 15 is 0 Å². The van der Waals surface area contributed by atoms with Crippen molar-refractivity contribution < 1.29 is 0 Å². The van der Waals surface area contributed by atoms with Gasteiger partial charge in [-0.1, -0.05) is 206 Å². The Labute approximate surface area is 365 Å². The van der Waals surface area contributed by atoms with Crippen molar-refractivity contribution in [3.63, 3.8) is 0 Å². The van der Waals surface area contributed by atoms with Crippen molar-refractivity contribution in [2.45, 2.75) is 5.41 Å². The van der Waals surface area contributed by atoms with Crippen LogP contribution in [0.3, 0.4) is 0 Å². The van der Waals surface area contributed by atoms with Gasteiger partial charge in [-0.2, -0.15) is 0 Å². The molecule has 0 amide bonds. The van der Waals surface area contributed by atoms with Crippen LogP contribution < -0.4 is 0 Å². The Balaban J connectivity index is 1.10. The number of fused-ring (bicyclic) bond motifs is 6. The highest BCUT2D eigenvalue weighted by Gasteiger charge is 2.47. The molecule has 62 heavy (non-hydrogen) atoms. The first kappa shape index (κ1) is 36.2. The molecule has 1 aliphatic carbocycles. The maximum absolute atomic E-state index is 5.43. The van der Waals surface area contributed by atoms with E-state index in [4.69, 9.17) is 9.97 Å². The van der Waals surface area contributed by atoms with E-state index in [1.807, 2.05) is 17.4 Å². The Morgan fingerprint density at radius 1 is 0.323 bits per heavy atom. The van der Waals surface area contributed by atoms with Crippen LogP contribution in [0.25, 0.3) is 87.5 Å². The van der Waals surface area contributed by atoms with E-state index in [1.54, 1.807) is 0 Å². The zero-order valence-electron chi connectivity index (χ0n) is 33.7. The monoisotopic (exact) mass is 806 g/mol. The minimum absolute atomic E-state index is 0.558. The third-order valence-electron chi connectivity index (χ3n) is 12.6. The van der Waals surface area contributed by atoms with E-state index in [9.17, 15) is 0 Å². The summed E-state index contributed by atoms with van der Waals surface area (Å²) in [6.45, 7) is 0. The fraction of sp³-hybridized carbons (Fsp3) is 0.0169. The Bertz CT molecular complexity index is 3420. The highest BCUT2D eigenvalue weighted by Crippen LogP contribution is 2.59. The SMILES string of the molecule is c1ccc(-c2nc(-c3ccccc3-c3ccc4sc5ccccc5c4c3)cc(-c3ccccc3-c3cccc4c3C(c3ccccc3)(c3ccccc3)c3ccccc3-4)n2)cc1. The predicted molar refractivity (Wildman–Crippen MR) is 259 cm³/mol. The van der Waals surface area contributed by atoms with Crippen LogP contribution in [-0.4, -0.2) is 9.97 Å². The molecular formula is C59H38N2S. The molecule has 0 fully saturated rings. The number of nitrogens with zero attached hydrogens (tertiary/aromatic N) is 2. The van der Waals surface area contributed by atoms with E-state index < -0.39 is 5.41 Å². The zero-order chi connectivity index (χ0) is 41.0. The van der Waals surface area contributed by atoms with Crippen molar-refractivity contribution in [3.8, 4) is 67.3 Å². The van der Waals surface area contributed by atoms with Crippen molar-refractivity contribution in [2.75, 3.05) is 0 Å². The number of benzene rings is 9. The first-order valence-corrected chi connectivity index (χ1v) is 22.0. The van der Waals surface area contributed by atoms with Gasteiger partial charge in [0.25, 0.3) is 0 Å². The molecule has 0 saturated heterocycles. The van der Waals surface area contributed by atoms with E-state index in [0.717, 1.165) is 44.8 Å². The van der Waals surface area contributed by atoms with E-state index in [-0.39, 0.29) is 0 Å². The van der Waals surface area contributed by atoms with Crippen LogP contribution in [0.5, 0.6) is 0 Å². The molecule has 0 N–H and O–H groups in total. The Morgan fingerprint density at radius 2 is 0.823 bits per heavy atom. The average Bonchev–Trinajstić information content (AvgIpc) is 3.88. The summed E-state index contributed by atoms with van der Waals surface area (Å²) < 4.78 is 2.59. The van der Waals surface area contributed by atoms with Gasteiger partial charge >= 0.3 is 0 Å². The van der Waals surface area contributed by atoms with Crippen molar-refractivity contribution in [3.05, 3.63) is 253 Å². The fourth-order valence-corrected chi connectivity index (χ4v) is 11.0. The van der Waals surface area contributed by atoms with Gasteiger partial charge in [0.2, 0.25) is 0 Å². The van der Waals surface area contributed by atoms with Crippen LogP contribution in [-0.2, 0) is 5.41 Å². The summed E-state index contributed by atoms with van der Waals surface area (Å²) in [4.78, 5) is 10.8. The third kappa shape index (κ3) is 5.70. The van der Waals surface area contributed by atoms with E-state index in [2.05, 4.69) is 224 Å². The number of rotatable bonds is 7. The largest absolute Gasteiger partial charge is 0.228 e. The normalized spacial score (nSPS) is 12.6. The summed E-state index contributed by atoms with van der Waals surface area (Å²) in [5, 5.41) is 2.57. The number of hydrogen-bond acceptors (Lipinski definition) is 3. The lowest BCUT2D eigenvalue weighted by Crippen LogP contribution is -2.29. The summed E-state index contributed by atoms with van der Waals surface area (Å²) in [6.07, 6.45) is 0. The number of thiophene rings is 1. The lowest BCUT2D eigenvalue weighted by atomic mass is 9.66. The van der Waals surface area contributed by atoms with Gasteiger partial charge < -0.3 is 0 Å². The Kier molecular flexibility index (Phi) is 8.62. The second-order valence-electron chi connectivity index (χ2n) is 16.0. The highest BCUT2D eigenvalue weighted by molar-refractivity contribution is 7.25. The molecule has 290 valence electrons. The minimum atomic E-state index is -0.558. The quantitative estimate of drug-likeness (QED) is 0.160. The maximum Gasteiger partial charge on any atom is 0.160 e. The van der Waals surface area contributed by atoms with Gasteiger partial charge in [-0.15, -0.1) is 11.3 Å². The lowest BCUT2D eigenvalue weighted by molar-refractivity contribution is 0.770. The molecule has 2 nitrogen and oxygen atoms in total. The molecule has 0 aliphatic heterocycles. The summed E-state index contributed by atoms with van der Waals surface area (Å²) in [5.41, 5.74) is 16.4. The van der Waals surface area contributed by atoms with Crippen molar-refractivity contribution >= 4 is 31.5 Å². The van der Waals surface area contributed by atoms with Crippen LogP contribution in [0.2, 0.25) is 0 Å². The highest BCUT2D eigenvalue weighted by atomic mass is 32.1. The molecular weight excluding hydrogens is 769 g/mol. The summed E-state index contributed by atoms with van der Waals surface area (Å²) in [7, 11) is 0. The lowest BCUT2D eigenvalue weighted by Gasteiger charge is -2.35. The van der Waals surface area contributed by atoms with Gasteiger partial charge in [-0.05, 0) is 79.9 Å². The first-order valence-electron chi connectivity index (χ1n) is 21.2. The van der Waals surface area contributed by atoms with E-state index in [0.29, 0.717) is 5.82 Å². The molecule has 1 aliphatic rings. The number of hydrogen-bond donors (Lipinski definition) is 0. The smallest absolute Gasteiger partial charge is 0.160 e. The fourth-order valence-electron chi connectivity index (χ4n) is 9.96. The van der Waals surface area contributed by atoms with Gasteiger partial charge in [-0.25, -0.2) is 9.97 Å². The van der Waals surface area contributed by atoms with Gasteiger partial charge in [0.15, 0.2) is 5.82 Å². The molecule has 9 aromatic carbocycles. The summed E-state index contributed by atoms with van der Waals surface area (Å²) >= 11 is 1.85. The summed E-state index contributed by atoms with van der Waals surface area (Å²) in [5.74, 6) is 0.690. The van der Waals surface area contributed by atoms with Gasteiger partial charge in [-0.3, -0.25) is 0 Å². The van der Waals surface area contributed by atoms with Crippen molar-refractivity contribution in [1.29, 1.82) is 0 Å². The molecule has 0 spiro atoms.